The van der Waals surface area contributed by atoms with E-state index in [1.54, 1.807) is 0 Å². The zero-order valence-corrected chi connectivity index (χ0v) is 15.9. The number of likely N-dealkylation sites (tertiary alicyclic amines) is 1. The molecule has 1 aromatic rings. The maximum atomic E-state index is 12.8. The first-order valence-electron chi connectivity index (χ1n) is 8.99. The predicted octanol–water partition coefficient (Wildman–Crippen LogP) is 2.94. The summed E-state index contributed by atoms with van der Waals surface area (Å²) in [6.07, 6.45) is -3.73. The first-order chi connectivity index (χ1) is 12.6. The van der Waals surface area contributed by atoms with Crippen LogP contribution in [-0.2, 0) is 9.59 Å². The summed E-state index contributed by atoms with van der Waals surface area (Å²) in [5, 5.41) is 5.26. The van der Waals surface area contributed by atoms with Crippen LogP contribution in [0.1, 0.15) is 29.5 Å². The molecule has 1 fully saturated rings. The third-order valence-electron chi connectivity index (χ3n) is 4.72. The number of aryl methyl sites for hydroxylation is 3. The SMILES string of the molecule is Cc1cc(C)c(NC(=O)CNC(=O)CN2CCC[C@H](C(F)(F)F)C2)c(C)c1. The van der Waals surface area contributed by atoms with E-state index in [1.807, 2.05) is 32.9 Å². The highest BCUT2D eigenvalue weighted by Crippen LogP contribution is 2.32. The van der Waals surface area contributed by atoms with Crippen molar-refractivity contribution in [1.29, 1.82) is 0 Å². The molecule has 8 heteroatoms. The molecule has 2 rings (SSSR count). The van der Waals surface area contributed by atoms with Crippen LogP contribution in [0.4, 0.5) is 18.9 Å². The van der Waals surface area contributed by atoms with Crippen LogP contribution in [0.15, 0.2) is 12.1 Å². The number of benzene rings is 1. The number of piperidine rings is 1. The number of amides is 2. The van der Waals surface area contributed by atoms with Crippen molar-refractivity contribution < 1.29 is 22.8 Å². The lowest BCUT2D eigenvalue weighted by Crippen LogP contribution is -2.46. The Morgan fingerprint density at radius 2 is 1.78 bits per heavy atom. The van der Waals surface area contributed by atoms with E-state index < -0.39 is 18.0 Å². The van der Waals surface area contributed by atoms with Gasteiger partial charge >= 0.3 is 6.18 Å². The van der Waals surface area contributed by atoms with Gasteiger partial charge in [-0.1, -0.05) is 17.7 Å². The van der Waals surface area contributed by atoms with Gasteiger partial charge in [-0.25, -0.2) is 0 Å². The number of nitrogens with one attached hydrogen (secondary N) is 2. The molecule has 1 atom stereocenters. The summed E-state index contributed by atoms with van der Waals surface area (Å²) in [6.45, 7) is 5.67. The Morgan fingerprint density at radius 3 is 2.37 bits per heavy atom. The average Bonchev–Trinajstić information content (AvgIpc) is 2.56. The molecule has 150 valence electrons. The van der Waals surface area contributed by atoms with E-state index in [-0.39, 0.29) is 32.0 Å². The Kier molecular flexibility index (Phi) is 6.86. The largest absolute Gasteiger partial charge is 0.393 e. The molecule has 2 amide bonds. The van der Waals surface area contributed by atoms with Gasteiger partial charge in [-0.3, -0.25) is 14.5 Å². The minimum absolute atomic E-state index is 0.0965. The van der Waals surface area contributed by atoms with Crippen LogP contribution in [0.2, 0.25) is 0 Å². The van der Waals surface area contributed by atoms with Crippen LogP contribution in [0, 0.1) is 26.7 Å². The highest BCUT2D eigenvalue weighted by atomic mass is 19.4. The summed E-state index contributed by atoms with van der Waals surface area (Å²) in [6, 6.07) is 3.91. The van der Waals surface area contributed by atoms with Crippen LogP contribution >= 0.6 is 0 Å². The first kappa shape index (κ1) is 21.2. The Labute approximate surface area is 157 Å². The molecule has 1 aliphatic heterocycles. The molecule has 5 nitrogen and oxygen atoms in total. The van der Waals surface area contributed by atoms with Gasteiger partial charge < -0.3 is 10.6 Å². The number of nitrogens with zero attached hydrogens (tertiary/aromatic N) is 1. The summed E-state index contributed by atoms with van der Waals surface area (Å²) < 4.78 is 38.5. The van der Waals surface area contributed by atoms with Crippen molar-refractivity contribution in [2.75, 3.05) is 31.5 Å². The van der Waals surface area contributed by atoms with E-state index in [2.05, 4.69) is 10.6 Å². The maximum absolute atomic E-state index is 12.8. The molecular weight excluding hydrogens is 359 g/mol. The summed E-state index contributed by atoms with van der Waals surface area (Å²) >= 11 is 0. The van der Waals surface area contributed by atoms with Gasteiger partial charge in [0.1, 0.15) is 0 Å². The smallest absolute Gasteiger partial charge is 0.346 e. The molecular formula is C19H26F3N3O2. The molecule has 0 unspecified atom stereocenters. The minimum Gasteiger partial charge on any atom is -0.346 e. The lowest BCUT2D eigenvalue weighted by atomic mass is 9.97. The molecule has 1 saturated heterocycles. The Bertz CT molecular complexity index is 681. The summed E-state index contributed by atoms with van der Waals surface area (Å²) in [7, 11) is 0. The third kappa shape index (κ3) is 6.23. The molecule has 0 radical (unpaired) electrons. The van der Waals surface area contributed by atoms with Crippen molar-refractivity contribution >= 4 is 17.5 Å². The molecule has 0 saturated carbocycles. The summed E-state index contributed by atoms with van der Waals surface area (Å²) in [5.41, 5.74) is 3.66. The van der Waals surface area contributed by atoms with E-state index in [4.69, 9.17) is 0 Å². The number of carbonyl (C=O) groups excluding carboxylic acids is 2. The highest BCUT2D eigenvalue weighted by molar-refractivity contribution is 5.96. The number of rotatable bonds is 5. The molecule has 1 aliphatic rings. The number of alkyl halides is 3. The van der Waals surface area contributed by atoms with E-state index in [0.29, 0.717) is 18.7 Å². The van der Waals surface area contributed by atoms with E-state index in [9.17, 15) is 22.8 Å². The van der Waals surface area contributed by atoms with Gasteiger partial charge in [-0.05, 0) is 51.3 Å². The van der Waals surface area contributed by atoms with E-state index in [0.717, 1.165) is 16.7 Å². The first-order valence-corrected chi connectivity index (χ1v) is 8.99. The topological polar surface area (TPSA) is 61.4 Å². The van der Waals surface area contributed by atoms with Crippen molar-refractivity contribution in [1.82, 2.24) is 10.2 Å². The van der Waals surface area contributed by atoms with Gasteiger partial charge in [-0.15, -0.1) is 0 Å². The second-order valence-electron chi connectivity index (χ2n) is 7.21. The monoisotopic (exact) mass is 385 g/mol. The maximum Gasteiger partial charge on any atom is 0.393 e. The van der Waals surface area contributed by atoms with Crippen molar-refractivity contribution in [3.05, 3.63) is 28.8 Å². The molecule has 0 bridgehead atoms. The fraction of sp³-hybridized carbons (Fsp3) is 0.579. The Balaban J connectivity index is 1.81. The van der Waals surface area contributed by atoms with Gasteiger partial charge in [0.15, 0.2) is 0 Å². The lowest BCUT2D eigenvalue weighted by molar-refractivity contribution is -0.187. The Hall–Kier alpha value is -2.09. The molecule has 0 aliphatic carbocycles. The quantitative estimate of drug-likeness (QED) is 0.819. The molecule has 1 aromatic carbocycles. The van der Waals surface area contributed by atoms with Crippen LogP contribution < -0.4 is 10.6 Å². The zero-order chi connectivity index (χ0) is 20.2. The normalized spacial score (nSPS) is 18.2. The van der Waals surface area contributed by atoms with Crippen LogP contribution in [-0.4, -0.2) is 49.1 Å². The average molecular weight is 385 g/mol. The fourth-order valence-corrected chi connectivity index (χ4v) is 3.46. The second-order valence-corrected chi connectivity index (χ2v) is 7.21. The molecule has 2 N–H and O–H groups in total. The highest BCUT2D eigenvalue weighted by Gasteiger charge is 2.41. The van der Waals surface area contributed by atoms with Crippen LogP contribution in [0.5, 0.6) is 0 Å². The van der Waals surface area contributed by atoms with Gasteiger partial charge in [0.2, 0.25) is 11.8 Å². The van der Waals surface area contributed by atoms with Gasteiger partial charge in [0, 0.05) is 12.2 Å². The number of carbonyl (C=O) groups is 2. The number of hydrogen-bond donors (Lipinski definition) is 2. The van der Waals surface area contributed by atoms with Crippen LogP contribution in [0.25, 0.3) is 0 Å². The van der Waals surface area contributed by atoms with E-state index >= 15 is 0 Å². The lowest BCUT2D eigenvalue weighted by Gasteiger charge is -2.33. The van der Waals surface area contributed by atoms with Gasteiger partial charge in [-0.2, -0.15) is 13.2 Å². The number of hydrogen-bond acceptors (Lipinski definition) is 3. The van der Waals surface area contributed by atoms with Crippen molar-refractivity contribution in [2.45, 2.75) is 39.8 Å². The van der Waals surface area contributed by atoms with Crippen molar-refractivity contribution in [3.8, 4) is 0 Å². The third-order valence-corrected chi connectivity index (χ3v) is 4.72. The zero-order valence-electron chi connectivity index (χ0n) is 15.9. The fourth-order valence-electron chi connectivity index (χ4n) is 3.46. The number of anilines is 1. The summed E-state index contributed by atoms with van der Waals surface area (Å²) in [5.74, 6) is -2.22. The standard InChI is InChI=1S/C19H26F3N3O2/c1-12-7-13(2)18(14(3)8-12)24-16(26)9-23-17(27)11-25-6-4-5-15(10-25)19(20,21)22/h7-8,15H,4-6,9-11H2,1-3H3,(H,23,27)(H,24,26)/t15-/m0/s1. The molecule has 0 spiro atoms. The minimum atomic E-state index is -4.24. The molecule has 27 heavy (non-hydrogen) atoms. The molecule has 1 heterocycles. The predicted molar refractivity (Wildman–Crippen MR) is 97.5 cm³/mol. The van der Waals surface area contributed by atoms with Gasteiger partial charge in [0.25, 0.3) is 0 Å². The van der Waals surface area contributed by atoms with Gasteiger partial charge in [0.05, 0.1) is 19.0 Å². The number of halogens is 3. The van der Waals surface area contributed by atoms with E-state index in [1.165, 1.54) is 4.90 Å². The van der Waals surface area contributed by atoms with Crippen LogP contribution in [0.3, 0.4) is 0 Å². The van der Waals surface area contributed by atoms with Crippen molar-refractivity contribution in [3.63, 3.8) is 0 Å². The van der Waals surface area contributed by atoms with Crippen molar-refractivity contribution in [2.24, 2.45) is 5.92 Å². The summed E-state index contributed by atoms with van der Waals surface area (Å²) in [4.78, 5) is 25.6. The Morgan fingerprint density at radius 1 is 1.15 bits per heavy atom. The molecule has 0 aromatic heterocycles. The second kappa shape index (κ2) is 8.73.